The molecule has 156 valence electrons. The van der Waals surface area contributed by atoms with E-state index in [1.54, 1.807) is 18.2 Å². The maximum Gasteiger partial charge on any atom is 0.257 e. The predicted molar refractivity (Wildman–Crippen MR) is 125 cm³/mol. The fraction of sp³-hybridized carbons (Fsp3) is 0.364. The van der Waals surface area contributed by atoms with Crippen molar-refractivity contribution in [2.45, 2.75) is 40.2 Å². The first-order chi connectivity index (χ1) is 13.7. The molecular formula is C22H27BrN2O3S. The summed E-state index contributed by atoms with van der Waals surface area (Å²) in [4.78, 5) is 12.5. The molecule has 0 aliphatic carbocycles. The largest absolute Gasteiger partial charge is 0.492 e. The fourth-order valence-electron chi connectivity index (χ4n) is 2.39. The number of nitrogens with one attached hydrogen (secondary N) is 2. The number of hydrogen-bond acceptors (Lipinski definition) is 4. The Morgan fingerprint density at radius 3 is 2.38 bits per heavy atom. The van der Waals surface area contributed by atoms with Crippen molar-refractivity contribution < 1.29 is 14.3 Å². The Morgan fingerprint density at radius 2 is 1.79 bits per heavy atom. The van der Waals surface area contributed by atoms with Crippen molar-refractivity contribution in [2.75, 3.05) is 11.9 Å². The molecule has 0 heterocycles. The second-order valence-corrected chi connectivity index (χ2v) is 8.54. The van der Waals surface area contributed by atoms with Crippen molar-refractivity contribution in [1.82, 2.24) is 5.32 Å². The molecule has 2 rings (SSSR count). The minimum absolute atomic E-state index is 0.112. The molecule has 2 aromatic rings. The van der Waals surface area contributed by atoms with Crippen molar-refractivity contribution >= 4 is 44.9 Å². The Kier molecular flexibility index (Phi) is 8.92. The lowest BCUT2D eigenvalue weighted by Gasteiger charge is -2.13. The van der Waals surface area contributed by atoms with Crippen LogP contribution in [0.5, 0.6) is 11.5 Å². The van der Waals surface area contributed by atoms with Gasteiger partial charge in [0, 0.05) is 11.3 Å². The van der Waals surface area contributed by atoms with Gasteiger partial charge in [0.05, 0.1) is 17.2 Å². The van der Waals surface area contributed by atoms with Crippen molar-refractivity contribution in [2.24, 2.45) is 5.92 Å². The average Bonchev–Trinajstić information content (AvgIpc) is 2.63. The number of rotatable bonds is 8. The van der Waals surface area contributed by atoms with Crippen molar-refractivity contribution in [3.05, 3.63) is 52.5 Å². The Morgan fingerprint density at radius 1 is 1.10 bits per heavy atom. The summed E-state index contributed by atoms with van der Waals surface area (Å²) in [6.07, 6.45) is 1.08. The summed E-state index contributed by atoms with van der Waals surface area (Å²) in [7, 11) is 0. The molecule has 0 aromatic heterocycles. The number of halogens is 1. The third-order valence-corrected chi connectivity index (χ3v) is 4.68. The molecule has 0 fully saturated rings. The van der Waals surface area contributed by atoms with E-state index in [2.05, 4.69) is 40.4 Å². The molecule has 2 aromatic carbocycles. The van der Waals surface area contributed by atoms with Crippen LogP contribution < -0.4 is 20.1 Å². The number of ether oxygens (including phenoxy) is 2. The molecular weight excluding hydrogens is 452 g/mol. The topological polar surface area (TPSA) is 59.6 Å². The molecule has 7 heteroatoms. The lowest BCUT2D eigenvalue weighted by molar-refractivity contribution is 0.0977. The highest BCUT2D eigenvalue weighted by Crippen LogP contribution is 2.26. The van der Waals surface area contributed by atoms with Gasteiger partial charge in [-0.15, -0.1) is 0 Å². The third-order valence-electron chi connectivity index (χ3n) is 3.86. The van der Waals surface area contributed by atoms with Crippen LogP contribution in [-0.4, -0.2) is 23.7 Å². The van der Waals surface area contributed by atoms with Gasteiger partial charge in [-0.2, -0.15) is 0 Å². The molecule has 0 aliphatic heterocycles. The van der Waals surface area contributed by atoms with E-state index < -0.39 is 0 Å². The average molecular weight is 479 g/mol. The predicted octanol–water partition coefficient (Wildman–Crippen LogP) is 5.79. The van der Waals surface area contributed by atoms with E-state index in [-0.39, 0.29) is 17.1 Å². The molecule has 0 aliphatic rings. The van der Waals surface area contributed by atoms with Crippen molar-refractivity contribution in [1.29, 1.82) is 0 Å². The second-order valence-electron chi connectivity index (χ2n) is 7.28. The highest BCUT2D eigenvalue weighted by molar-refractivity contribution is 9.10. The summed E-state index contributed by atoms with van der Waals surface area (Å²) < 4.78 is 12.1. The number of hydrogen-bond donors (Lipinski definition) is 2. The van der Waals surface area contributed by atoms with Gasteiger partial charge in [-0.1, -0.05) is 13.8 Å². The van der Waals surface area contributed by atoms with Crippen LogP contribution >= 0.6 is 28.1 Å². The zero-order chi connectivity index (χ0) is 21.4. The van der Waals surface area contributed by atoms with Crippen LogP contribution in [0, 0.1) is 5.92 Å². The molecule has 0 atom stereocenters. The van der Waals surface area contributed by atoms with Crippen LogP contribution in [0.1, 0.15) is 44.5 Å². The van der Waals surface area contributed by atoms with Crippen molar-refractivity contribution in [3.63, 3.8) is 0 Å². The van der Waals surface area contributed by atoms with Crippen LogP contribution in [0.2, 0.25) is 0 Å². The quantitative estimate of drug-likeness (QED) is 0.470. The highest BCUT2D eigenvalue weighted by Gasteiger charge is 2.11. The Bertz CT molecular complexity index is 838. The first kappa shape index (κ1) is 23.2. The molecule has 0 saturated heterocycles. The summed E-state index contributed by atoms with van der Waals surface area (Å²) in [6, 6.07) is 12.6. The smallest absolute Gasteiger partial charge is 0.257 e. The second kappa shape index (κ2) is 11.2. The molecule has 2 N–H and O–H groups in total. The molecule has 29 heavy (non-hydrogen) atoms. The van der Waals surface area contributed by atoms with Crippen LogP contribution in [-0.2, 0) is 0 Å². The van der Waals surface area contributed by atoms with E-state index >= 15 is 0 Å². The van der Waals surface area contributed by atoms with E-state index in [9.17, 15) is 4.79 Å². The van der Waals surface area contributed by atoms with Gasteiger partial charge in [0.1, 0.15) is 11.5 Å². The van der Waals surface area contributed by atoms with Gasteiger partial charge in [0.25, 0.3) is 5.91 Å². The van der Waals surface area contributed by atoms with Gasteiger partial charge in [-0.3, -0.25) is 10.1 Å². The third kappa shape index (κ3) is 8.03. The summed E-state index contributed by atoms with van der Waals surface area (Å²) in [6.45, 7) is 8.88. The first-order valence-electron chi connectivity index (χ1n) is 9.56. The number of benzene rings is 2. The SMILES string of the molecule is CC(C)CCOc1ccc(C(=O)NC(=S)Nc2ccc(OC(C)C)cc2)cc1Br. The van der Waals surface area contributed by atoms with Gasteiger partial charge >= 0.3 is 0 Å². The lowest BCUT2D eigenvalue weighted by Crippen LogP contribution is -2.34. The minimum Gasteiger partial charge on any atom is -0.492 e. The maximum atomic E-state index is 12.5. The van der Waals surface area contributed by atoms with Gasteiger partial charge < -0.3 is 14.8 Å². The molecule has 0 unspecified atom stereocenters. The summed E-state index contributed by atoms with van der Waals surface area (Å²) in [5.41, 5.74) is 1.25. The summed E-state index contributed by atoms with van der Waals surface area (Å²) in [5, 5.41) is 5.90. The number of thiocarbonyl (C=S) groups is 1. The van der Waals surface area contributed by atoms with E-state index in [0.717, 1.165) is 22.3 Å². The van der Waals surface area contributed by atoms with Gasteiger partial charge in [0.15, 0.2) is 5.11 Å². The number of carbonyl (C=O) groups excluding carboxylic acids is 1. The van der Waals surface area contributed by atoms with Gasteiger partial charge in [-0.25, -0.2) is 0 Å². The monoisotopic (exact) mass is 478 g/mol. The Hall–Kier alpha value is -2.12. The van der Waals surface area contributed by atoms with E-state index in [1.165, 1.54) is 0 Å². The minimum atomic E-state index is -0.295. The molecule has 5 nitrogen and oxygen atoms in total. The zero-order valence-electron chi connectivity index (χ0n) is 17.1. The van der Waals surface area contributed by atoms with Crippen LogP contribution in [0.3, 0.4) is 0 Å². The number of carbonyl (C=O) groups is 1. The number of anilines is 1. The first-order valence-corrected chi connectivity index (χ1v) is 10.8. The van der Waals surface area contributed by atoms with Gasteiger partial charge in [-0.05, 0) is 96.8 Å². The summed E-state index contributed by atoms with van der Waals surface area (Å²) in [5.74, 6) is 1.77. The zero-order valence-corrected chi connectivity index (χ0v) is 19.5. The van der Waals surface area contributed by atoms with E-state index in [4.69, 9.17) is 21.7 Å². The van der Waals surface area contributed by atoms with Gasteiger partial charge in [0.2, 0.25) is 0 Å². The van der Waals surface area contributed by atoms with Crippen LogP contribution in [0.15, 0.2) is 46.9 Å². The maximum absolute atomic E-state index is 12.5. The highest BCUT2D eigenvalue weighted by atomic mass is 79.9. The van der Waals surface area contributed by atoms with Crippen molar-refractivity contribution in [3.8, 4) is 11.5 Å². The molecule has 0 saturated carbocycles. The Labute approximate surface area is 186 Å². The number of amides is 1. The molecule has 0 bridgehead atoms. The molecule has 0 radical (unpaired) electrons. The van der Waals surface area contributed by atoms with E-state index in [0.29, 0.717) is 23.8 Å². The standard InChI is InChI=1S/C22H27BrN2O3S/c1-14(2)11-12-27-20-10-5-16(13-19(20)23)21(26)25-22(29)24-17-6-8-18(9-7-17)28-15(3)4/h5-10,13-15H,11-12H2,1-4H3,(H2,24,25,26,29). The van der Waals surface area contributed by atoms with Crippen LogP contribution in [0.25, 0.3) is 0 Å². The molecule has 0 spiro atoms. The normalized spacial score (nSPS) is 10.7. The van der Waals surface area contributed by atoms with Crippen LogP contribution in [0.4, 0.5) is 5.69 Å². The Balaban J connectivity index is 1.90. The summed E-state index contributed by atoms with van der Waals surface area (Å²) >= 11 is 8.71. The lowest BCUT2D eigenvalue weighted by atomic mass is 10.1. The fourth-order valence-corrected chi connectivity index (χ4v) is 3.09. The molecule has 1 amide bonds. The van der Waals surface area contributed by atoms with E-state index in [1.807, 2.05) is 38.1 Å².